The minimum atomic E-state index is -0.300. The number of pyridine rings is 1. The number of urea groups is 1. The van der Waals surface area contributed by atoms with Crippen LogP contribution in [-0.2, 0) is 4.74 Å². The molecule has 8 heteroatoms. The van der Waals surface area contributed by atoms with Gasteiger partial charge in [0, 0.05) is 48.0 Å². The number of amides is 2. The van der Waals surface area contributed by atoms with E-state index in [0.29, 0.717) is 18.9 Å². The summed E-state index contributed by atoms with van der Waals surface area (Å²) in [6.45, 7) is 4.92. The summed E-state index contributed by atoms with van der Waals surface area (Å²) in [4.78, 5) is 27.3. The summed E-state index contributed by atoms with van der Waals surface area (Å²) in [6.07, 6.45) is 3.53. The van der Waals surface area contributed by atoms with Gasteiger partial charge in [-0.25, -0.2) is 9.78 Å². The van der Waals surface area contributed by atoms with E-state index in [0.717, 1.165) is 52.8 Å². The fourth-order valence-electron chi connectivity index (χ4n) is 3.90. The first kappa shape index (κ1) is 21.7. The zero-order valence-electron chi connectivity index (χ0n) is 18.9. The van der Waals surface area contributed by atoms with Crippen molar-refractivity contribution in [2.75, 3.05) is 41.8 Å². The summed E-state index contributed by atoms with van der Waals surface area (Å²) in [6, 6.07) is 19.0. The Morgan fingerprint density at radius 3 is 2.44 bits per heavy atom. The summed E-state index contributed by atoms with van der Waals surface area (Å²) in [5.74, 6) is 0.806. The van der Waals surface area contributed by atoms with Gasteiger partial charge in [-0.2, -0.15) is 0 Å². The number of anilines is 3. The molecule has 5 rings (SSSR count). The van der Waals surface area contributed by atoms with Crippen molar-refractivity contribution in [2.24, 2.45) is 0 Å². The van der Waals surface area contributed by atoms with Gasteiger partial charge in [0.1, 0.15) is 0 Å². The van der Waals surface area contributed by atoms with E-state index in [1.807, 2.05) is 67.6 Å². The molecule has 0 aliphatic carbocycles. The van der Waals surface area contributed by atoms with Gasteiger partial charge < -0.3 is 25.3 Å². The number of hydrogen-bond donors (Lipinski definition) is 3. The number of aryl methyl sites for hydroxylation is 1. The Morgan fingerprint density at radius 2 is 1.68 bits per heavy atom. The van der Waals surface area contributed by atoms with Crippen LogP contribution in [0.5, 0.6) is 0 Å². The Morgan fingerprint density at radius 1 is 0.941 bits per heavy atom. The number of benzene rings is 2. The number of aromatic nitrogens is 3. The highest BCUT2D eigenvalue weighted by molar-refractivity contribution is 6.00. The highest BCUT2D eigenvalue weighted by atomic mass is 16.5. The predicted molar refractivity (Wildman–Crippen MR) is 134 cm³/mol. The van der Waals surface area contributed by atoms with Crippen molar-refractivity contribution >= 4 is 23.4 Å². The maximum Gasteiger partial charge on any atom is 0.323 e. The van der Waals surface area contributed by atoms with E-state index in [-0.39, 0.29) is 6.03 Å². The number of carbonyl (C=O) groups excluding carboxylic acids is 1. The molecule has 2 aromatic heterocycles. The first-order chi connectivity index (χ1) is 16.7. The van der Waals surface area contributed by atoms with Crippen LogP contribution >= 0.6 is 0 Å². The largest absolute Gasteiger partial charge is 0.378 e. The highest BCUT2D eigenvalue weighted by Gasteiger charge is 2.20. The lowest BCUT2D eigenvalue weighted by molar-refractivity contribution is 0.122. The monoisotopic (exact) mass is 454 g/mol. The van der Waals surface area contributed by atoms with E-state index in [1.165, 1.54) is 0 Å². The fraction of sp³-hybridized carbons (Fsp3) is 0.192. The molecule has 172 valence electrons. The summed E-state index contributed by atoms with van der Waals surface area (Å²) in [7, 11) is 0. The molecule has 0 bridgehead atoms. The van der Waals surface area contributed by atoms with Crippen LogP contribution in [-0.4, -0.2) is 47.3 Å². The third kappa shape index (κ3) is 4.92. The van der Waals surface area contributed by atoms with Crippen molar-refractivity contribution < 1.29 is 9.53 Å². The van der Waals surface area contributed by atoms with Gasteiger partial charge in [0.05, 0.1) is 24.6 Å². The standard InChI is InChI=1S/C26H26N6O2/c1-18-5-7-21(8-6-18)28-26(33)29-22-4-2-3-20(17-22)24-23(19-9-11-27-12-10-19)30-25(31-24)32-13-15-34-16-14-32/h2-12,17H,13-16H2,1H3,(H,30,31)(H2,28,29,33). The van der Waals surface area contributed by atoms with Crippen LogP contribution in [0.15, 0.2) is 73.1 Å². The summed E-state index contributed by atoms with van der Waals surface area (Å²) < 4.78 is 5.49. The molecule has 3 N–H and O–H groups in total. The van der Waals surface area contributed by atoms with Crippen LogP contribution in [0.1, 0.15) is 5.56 Å². The van der Waals surface area contributed by atoms with Crippen molar-refractivity contribution in [1.29, 1.82) is 0 Å². The van der Waals surface area contributed by atoms with Crippen molar-refractivity contribution in [1.82, 2.24) is 15.0 Å². The summed E-state index contributed by atoms with van der Waals surface area (Å²) >= 11 is 0. The van der Waals surface area contributed by atoms with Crippen LogP contribution in [0, 0.1) is 6.92 Å². The number of nitrogens with zero attached hydrogens (tertiary/aromatic N) is 3. The Bertz CT molecular complexity index is 1260. The zero-order valence-corrected chi connectivity index (χ0v) is 18.9. The molecule has 2 amide bonds. The SMILES string of the molecule is Cc1ccc(NC(=O)Nc2cccc(-c3nc(N4CCOCC4)[nH]c3-c3ccncc3)c2)cc1. The quantitative estimate of drug-likeness (QED) is 0.398. The molecule has 1 aliphatic heterocycles. The van der Waals surface area contributed by atoms with Crippen LogP contribution in [0.25, 0.3) is 22.5 Å². The number of H-pyrrole nitrogens is 1. The number of aromatic amines is 1. The number of ether oxygens (including phenoxy) is 1. The second-order valence-electron chi connectivity index (χ2n) is 8.15. The number of rotatable bonds is 5. The average molecular weight is 455 g/mol. The van der Waals surface area contributed by atoms with Crippen molar-refractivity contribution in [3.63, 3.8) is 0 Å². The van der Waals surface area contributed by atoms with Gasteiger partial charge in [0.15, 0.2) is 0 Å². The second kappa shape index (κ2) is 9.76. The molecule has 2 aromatic carbocycles. The third-order valence-corrected chi connectivity index (χ3v) is 5.67. The summed E-state index contributed by atoms with van der Waals surface area (Å²) in [5, 5.41) is 5.78. The van der Waals surface area contributed by atoms with Crippen molar-refractivity contribution in [2.45, 2.75) is 6.92 Å². The van der Waals surface area contributed by atoms with Crippen LogP contribution < -0.4 is 15.5 Å². The minimum Gasteiger partial charge on any atom is -0.378 e. The van der Waals surface area contributed by atoms with Crippen LogP contribution in [0.4, 0.5) is 22.1 Å². The van der Waals surface area contributed by atoms with Gasteiger partial charge in [-0.1, -0.05) is 29.8 Å². The molecule has 0 radical (unpaired) electrons. The minimum absolute atomic E-state index is 0.300. The van der Waals surface area contributed by atoms with Gasteiger partial charge >= 0.3 is 6.03 Å². The molecule has 1 fully saturated rings. The van der Waals surface area contributed by atoms with E-state index < -0.39 is 0 Å². The lowest BCUT2D eigenvalue weighted by Gasteiger charge is -2.26. The number of imidazole rings is 1. The molecule has 0 atom stereocenters. The van der Waals surface area contributed by atoms with E-state index in [9.17, 15) is 4.79 Å². The molecule has 34 heavy (non-hydrogen) atoms. The number of hydrogen-bond acceptors (Lipinski definition) is 5. The number of carbonyl (C=O) groups is 1. The van der Waals surface area contributed by atoms with Gasteiger partial charge in [-0.05, 0) is 43.3 Å². The van der Waals surface area contributed by atoms with Crippen molar-refractivity contribution in [3.05, 3.63) is 78.6 Å². The Hall–Kier alpha value is -4.17. The van der Waals surface area contributed by atoms with Gasteiger partial charge in [-0.3, -0.25) is 4.98 Å². The number of morpholine rings is 1. The zero-order chi connectivity index (χ0) is 23.3. The molecular formula is C26H26N6O2. The Balaban J connectivity index is 1.42. The van der Waals surface area contributed by atoms with Crippen LogP contribution in [0.2, 0.25) is 0 Å². The fourth-order valence-corrected chi connectivity index (χ4v) is 3.90. The smallest absolute Gasteiger partial charge is 0.323 e. The predicted octanol–water partition coefficient (Wildman–Crippen LogP) is 4.93. The third-order valence-electron chi connectivity index (χ3n) is 5.67. The molecule has 8 nitrogen and oxygen atoms in total. The Kier molecular flexibility index (Phi) is 6.22. The Labute approximate surface area is 198 Å². The first-order valence-corrected chi connectivity index (χ1v) is 11.2. The van der Waals surface area contributed by atoms with E-state index in [4.69, 9.17) is 9.72 Å². The average Bonchev–Trinajstić information content (AvgIpc) is 3.32. The van der Waals surface area contributed by atoms with Gasteiger partial charge in [0.2, 0.25) is 5.95 Å². The molecule has 3 heterocycles. The highest BCUT2D eigenvalue weighted by Crippen LogP contribution is 2.33. The molecule has 0 spiro atoms. The van der Waals surface area contributed by atoms with Gasteiger partial charge in [0.25, 0.3) is 0 Å². The summed E-state index contributed by atoms with van der Waals surface area (Å²) in [5.41, 5.74) is 6.17. The molecular weight excluding hydrogens is 428 g/mol. The van der Waals surface area contributed by atoms with E-state index >= 15 is 0 Å². The molecule has 1 saturated heterocycles. The lowest BCUT2D eigenvalue weighted by Crippen LogP contribution is -2.36. The topological polar surface area (TPSA) is 95.2 Å². The normalized spacial score (nSPS) is 13.5. The molecule has 1 aliphatic rings. The van der Waals surface area contributed by atoms with Crippen LogP contribution in [0.3, 0.4) is 0 Å². The van der Waals surface area contributed by atoms with Gasteiger partial charge in [-0.15, -0.1) is 0 Å². The molecule has 0 unspecified atom stereocenters. The maximum absolute atomic E-state index is 12.5. The second-order valence-corrected chi connectivity index (χ2v) is 8.15. The number of nitrogens with one attached hydrogen (secondary N) is 3. The molecule has 4 aromatic rings. The van der Waals surface area contributed by atoms with E-state index in [1.54, 1.807) is 12.4 Å². The van der Waals surface area contributed by atoms with Crippen molar-refractivity contribution in [3.8, 4) is 22.5 Å². The van der Waals surface area contributed by atoms with E-state index in [2.05, 4.69) is 25.5 Å². The maximum atomic E-state index is 12.5. The molecule has 0 saturated carbocycles. The lowest BCUT2D eigenvalue weighted by atomic mass is 10.1. The first-order valence-electron chi connectivity index (χ1n) is 11.2.